The summed E-state index contributed by atoms with van der Waals surface area (Å²) in [7, 11) is -9.91. The molecule has 0 saturated carbocycles. The molecule has 0 aliphatic heterocycles. The van der Waals surface area contributed by atoms with E-state index in [-0.39, 0.29) is 25.7 Å². The molecule has 0 aromatic carbocycles. The number of carbonyl (C=O) groups excluding carboxylic acids is 4. The molecular formula is C81H158O17P2. The first kappa shape index (κ1) is 98.1. The molecule has 0 aromatic rings. The van der Waals surface area contributed by atoms with Gasteiger partial charge in [0.05, 0.1) is 26.4 Å². The number of hydrogen-bond donors (Lipinski definition) is 3. The Morgan fingerprint density at radius 1 is 0.280 bits per heavy atom. The summed E-state index contributed by atoms with van der Waals surface area (Å²) in [6, 6.07) is 0. The Balaban J connectivity index is 5.17. The van der Waals surface area contributed by atoms with Gasteiger partial charge in [-0.1, -0.05) is 381 Å². The molecule has 0 bridgehead atoms. The number of hydrogen-bond acceptors (Lipinski definition) is 15. The molecule has 0 amide bonds. The summed E-state index contributed by atoms with van der Waals surface area (Å²) in [5.74, 6) is -1.31. The van der Waals surface area contributed by atoms with Gasteiger partial charge in [0, 0.05) is 25.7 Å². The SMILES string of the molecule is CCCCCCCCCCCCCCCCCCCCCCC(=O)O[C@H](COC(=O)CCCCCCCCCCCCCCCCCCCCC)COP(=O)(O)OC[C@@H](O)COP(=O)(O)OC[C@@H](COC(=O)CCCCCCCCC)OC(=O)CCCCCCCCCCCCC(C)CC. The van der Waals surface area contributed by atoms with E-state index in [0.717, 1.165) is 109 Å². The molecule has 0 aliphatic rings. The van der Waals surface area contributed by atoms with Crippen LogP contribution in [0.3, 0.4) is 0 Å². The lowest BCUT2D eigenvalue weighted by atomic mass is 9.99. The van der Waals surface area contributed by atoms with Gasteiger partial charge >= 0.3 is 39.5 Å². The van der Waals surface area contributed by atoms with Crippen molar-refractivity contribution in [3.8, 4) is 0 Å². The first-order valence-corrected chi connectivity index (χ1v) is 45.2. The number of phosphoric acid groups is 2. The third-order valence-electron chi connectivity index (χ3n) is 19.4. The number of rotatable bonds is 81. The molecular weight excluding hydrogens is 1310 g/mol. The van der Waals surface area contributed by atoms with Crippen LogP contribution in [0, 0.1) is 5.92 Å². The van der Waals surface area contributed by atoms with E-state index in [0.29, 0.717) is 25.7 Å². The molecule has 0 aliphatic carbocycles. The molecule has 0 heterocycles. The minimum atomic E-state index is -4.96. The summed E-state index contributed by atoms with van der Waals surface area (Å²) in [4.78, 5) is 72.9. The van der Waals surface area contributed by atoms with E-state index in [9.17, 15) is 43.2 Å². The molecule has 594 valence electrons. The number of ether oxygens (including phenoxy) is 4. The third kappa shape index (κ3) is 73.0. The maximum Gasteiger partial charge on any atom is 0.472 e. The number of aliphatic hydroxyl groups excluding tert-OH is 1. The Labute approximate surface area is 613 Å². The van der Waals surface area contributed by atoms with Gasteiger partial charge in [-0.05, 0) is 31.6 Å². The molecule has 6 atom stereocenters. The zero-order valence-electron chi connectivity index (χ0n) is 65.3. The minimum Gasteiger partial charge on any atom is -0.462 e. The molecule has 3 N–H and O–H groups in total. The van der Waals surface area contributed by atoms with E-state index >= 15 is 0 Å². The van der Waals surface area contributed by atoms with Crippen molar-refractivity contribution in [2.24, 2.45) is 5.92 Å². The predicted molar refractivity (Wildman–Crippen MR) is 409 cm³/mol. The van der Waals surface area contributed by atoms with E-state index in [1.807, 2.05) is 0 Å². The van der Waals surface area contributed by atoms with Gasteiger partial charge in [-0.25, -0.2) is 9.13 Å². The first-order chi connectivity index (χ1) is 48.6. The first-order valence-electron chi connectivity index (χ1n) is 42.2. The molecule has 0 rings (SSSR count). The lowest BCUT2D eigenvalue weighted by Crippen LogP contribution is -2.30. The number of unbranched alkanes of at least 4 members (excludes halogenated alkanes) is 52. The van der Waals surface area contributed by atoms with Crippen LogP contribution in [0.25, 0.3) is 0 Å². The molecule has 0 fully saturated rings. The zero-order valence-corrected chi connectivity index (χ0v) is 67.1. The lowest BCUT2D eigenvalue weighted by Gasteiger charge is -2.21. The van der Waals surface area contributed by atoms with E-state index in [4.69, 9.17) is 37.0 Å². The molecule has 0 saturated heterocycles. The summed E-state index contributed by atoms with van der Waals surface area (Å²) < 4.78 is 68.6. The van der Waals surface area contributed by atoms with E-state index in [2.05, 4.69) is 34.6 Å². The second-order valence-electron chi connectivity index (χ2n) is 29.4. The second kappa shape index (κ2) is 73.9. The molecule has 0 radical (unpaired) electrons. The lowest BCUT2D eigenvalue weighted by molar-refractivity contribution is -0.161. The summed E-state index contributed by atoms with van der Waals surface area (Å²) in [5.41, 5.74) is 0. The second-order valence-corrected chi connectivity index (χ2v) is 32.3. The van der Waals surface area contributed by atoms with Gasteiger partial charge in [0.15, 0.2) is 12.2 Å². The van der Waals surface area contributed by atoms with Gasteiger partial charge in [-0.2, -0.15) is 0 Å². The van der Waals surface area contributed by atoms with Crippen LogP contribution < -0.4 is 0 Å². The smallest absolute Gasteiger partial charge is 0.462 e. The fraction of sp³-hybridized carbons (Fsp3) is 0.951. The van der Waals surface area contributed by atoms with Gasteiger partial charge < -0.3 is 33.8 Å². The average molecular weight is 1470 g/mol. The topological polar surface area (TPSA) is 237 Å². The molecule has 100 heavy (non-hydrogen) atoms. The molecule has 19 heteroatoms. The molecule has 17 nitrogen and oxygen atoms in total. The number of esters is 4. The highest BCUT2D eigenvalue weighted by Crippen LogP contribution is 2.45. The van der Waals surface area contributed by atoms with Crippen molar-refractivity contribution in [2.75, 3.05) is 39.6 Å². The van der Waals surface area contributed by atoms with Crippen molar-refractivity contribution in [3.63, 3.8) is 0 Å². The Morgan fingerprint density at radius 2 is 0.480 bits per heavy atom. The summed E-state index contributed by atoms with van der Waals surface area (Å²) >= 11 is 0. The maximum absolute atomic E-state index is 13.1. The monoisotopic (exact) mass is 1470 g/mol. The Morgan fingerprint density at radius 3 is 0.710 bits per heavy atom. The van der Waals surface area contributed by atoms with Crippen molar-refractivity contribution in [1.82, 2.24) is 0 Å². The van der Waals surface area contributed by atoms with Gasteiger partial charge in [0.1, 0.15) is 19.3 Å². The van der Waals surface area contributed by atoms with Crippen LogP contribution in [-0.4, -0.2) is 96.7 Å². The van der Waals surface area contributed by atoms with E-state index in [1.165, 1.54) is 244 Å². The normalized spacial score (nSPS) is 14.1. The Hall–Kier alpha value is -1.94. The maximum atomic E-state index is 13.1. The van der Waals surface area contributed by atoms with Crippen LogP contribution in [0.5, 0.6) is 0 Å². The number of aliphatic hydroxyl groups is 1. The van der Waals surface area contributed by atoms with E-state index in [1.54, 1.807) is 0 Å². The predicted octanol–water partition coefficient (Wildman–Crippen LogP) is 24.4. The molecule has 0 aromatic heterocycles. The van der Waals surface area contributed by atoms with Gasteiger partial charge in [-0.3, -0.25) is 37.3 Å². The Bertz CT molecular complexity index is 1910. The van der Waals surface area contributed by atoms with Crippen molar-refractivity contribution in [3.05, 3.63) is 0 Å². The van der Waals surface area contributed by atoms with Crippen LogP contribution in [0.15, 0.2) is 0 Å². The van der Waals surface area contributed by atoms with Crippen LogP contribution in [0.4, 0.5) is 0 Å². The van der Waals surface area contributed by atoms with Crippen molar-refractivity contribution < 1.29 is 80.2 Å². The largest absolute Gasteiger partial charge is 0.472 e. The Kier molecular flexibility index (Phi) is 72.5. The van der Waals surface area contributed by atoms with Crippen LogP contribution in [0.1, 0.15) is 433 Å². The highest BCUT2D eigenvalue weighted by molar-refractivity contribution is 7.47. The van der Waals surface area contributed by atoms with Gasteiger partial charge in [0.2, 0.25) is 0 Å². The third-order valence-corrected chi connectivity index (χ3v) is 21.3. The number of phosphoric ester groups is 2. The number of carbonyl (C=O) groups is 4. The van der Waals surface area contributed by atoms with Crippen molar-refractivity contribution in [2.45, 2.75) is 451 Å². The summed E-state index contributed by atoms with van der Waals surface area (Å²) in [6.45, 7) is 7.31. The van der Waals surface area contributed by atoms with Gasteiger partial charge in [0.25, 0.3) is 0 Å². The highest BCUT2D eigenvalue weighted by atomic mass is 31.2. The highest BCUT2D eigenvalue weighted by Gasteiger charge is 2.30. The van der Waals surface area contributed by atoms with Crippen LogP contribution >= 0.6 is 15.6 Å². The fourth-order valence-electron chi connectivity index (χ4n) is 12.6. The van der Waals surface area contributed by atoms with Crippen molar-refractivity contribution >= 4 is 39.5 Å². The van der Waals surface area contributed by atoms with E-state index < -0.39 is 97.5 Å². The fourth-order valence-corrected chi connectivity index (χ4v) is 14.1. The zero-order chi connectivity index (χ0) is 73.4. The van der Waals surface area contributed by atoms with Crippen molar-refractivity contribution in [1.29, 1.82) is 0 Å². The van der Waals surface area contributed by atoms with Gasteiger partial charge in [-0.15, -0.1) is 0 Å². The summed E-state index contributed by atoms with van der Waals surface area (Å²) in [5, 5.41) is 10.6. The van der Waals surface area contributed by atoms with Crippen LogP contribution in [0.2, 0.25) is 0 Å². The van der Waals surface area contributed by atoms with Crippen LogP contribution in [-0.2, 0) is 65.4 Å². The molecule has 3 unspecified atom stereocenters. The quantitative estimate of drug-likeness (QED) is 0.0222. The molecule has 0 spiro atoms. The minimum absolute atomic E-state index is 0.106. The standard InChI is InChI=1S/C81H158O17P2/c1-6-10-13-16-19-21-23-25-27-29-31-33-35-37-39-41-46-51-56-61-66-80(85)98-77(71-92-79(84)65-60-55-50-45-40-38-36-34-32-30-28-26-24-22-20-17-14-11-7-2)73-96-100(89,90)94-69-75(82)68-93-99(87,88)95-72-76(70-91-78(83)64-59-54-48-18-15-12-8-3)97-81(86)67-62-57-52-47-43-42-44-49-53-58-63-74(5)9-4/h74-77,82H,6-73H2,1-5H3,(H,87,88)(H,89,90)/t74?,75-,76+,77+/m0/s1. The average Bonchev–Trinajstić information content (AvgIpc) is 0.923. The summed E-state index contributed by atoms with van der Waals surface area (Å²) in [6.07, 6.45) is 65.4.